The van der Waals surface area contributed by atoms with Gasteiger partial charge in [-0.15, -0.1) is 0 Å². The monoisotopic (exact) mass is 431 g/mol. The molecule has 29 heavy (non-hydrogen) atoms. The Kier molecular flexibility index (Phi) is 6.52. The highest BCUT2D eigenvalue weighted by Gasteiger charge is 2.29. The number of fused-ring (bicyclic) bond motifs is 1. The zero-order valence-corrected chi connectivity index (χ0v) is 17.7. The summed E-state index contributed by atoms with van der Waals surface area (Å²) < 4.78 is 28.6. The number of nitrogens with zero attached hydrogens (tertiary/aromatic N) is 1. The summed E-state index contributed by atoms with van der Waals surface area (Å²) in [5, 5.41) is 4.11. The number of hydrogen-bond acceptors (Lipinski definition) is 4. The Morgan fingerprint density at radius 1 is 1.07 bits per heavy atom. The second-order valence-corrected chi connectivity index (χ2v) is 9.14. The van der Waals surface area contributed by atoms with Gasteiger partial charge in [0.15, 0.2) is 0 Å². The highest BCUT2D eigenvalue weighted by atomic mass is 35.5. The molecule has 8 heteroatoms. The standard InChI is InChI=1S/C21H22ClN3O3S/c1-14(2)19(21(26)24-13-15-8-10-17(22)11-9-15)25-29(27,28)18-7-3-5-16-6-4-12-23-20(16)18/h3-12,14,19,25H,13H2,1-2H3,(H,24,26). The Hall–Kier alpha value is -2.48. The van der Waals surface area contributed by atoms with Crippen molar-refractivity contribution in [3.05, 3.63) is 71.4 Å². The molecule has 1 atom stereocenters. The molecule has 0 fully saturated rings. The summed E-state index contributed by atoms with van der Waals surface area (Å²) in [5.74, 6) is -0.648. The highest BCUT2D eigenvalue weighted by Crippen LogP contribution is 2.21. The van der Waals surface area contributed by atoms with Crippen molar-refractivity contribution < 1.29 is 13.2 Å². The minimum absolute atomic E-state index is 0.0479. The smallest absolute Gasteiger partial charge is 0.243 e. The first-order valence-electron chi connectivity index (χ1n) is 9.16. The van der Waals surface area contributed by atoms with Gasteiger partial charge < -0.3 is 5.32 Å². The van der Waals surface area contributed by atoms with Gasteiger partial charge in [-0.1, -0.05) is 55.8 Å². The molecule has 0 aliphatic carbocycles. The molecular formula is C21H22ClN3O3S. The normalized spacial score (nSPS) is 12.8. The number of rotatable bonds is 7. The fourth-order valence-corrected chi connectivity index (χ4v) is 4.57. The van der Waals surface area contributed by atoms with E-state index >= 15 is 0 Å². The number of hydrogen-bond donors (Lipinski definition) is 2. The first-order chi connectivity index (χ1) is 13.8. The predicted molar refractivity (Wildman–Crippen MR) is 114 cm³/mol. The lowest BCUT2D eigenvalue weighted by Gasteiger charge is -2.22. The summed E-state index contributed by atoms with van der Waals surface area (Å²) in [7, 11) is -3.96. The van der Waals surface area contributed by atoms with E-state index in [1.54, 1.807) is 68.6 Å². The predicted octanol–water partition coefficient (Wildman–Crippen LogP) is 3.51. The van der Waals surface area contributed by atoms with Crippen LogP contribution in [0.15, 0.2) is 65.7 Å². The van der Waals surface area contributed by atoms with Crippen molar-refractivity contribution in [1.82, 2.24) is 15.0 Å². The van der Waals surface area contributed by atoms with Crippen molar-refractivity contribution in [2.75, 3.05) is 0 Å². The fourth-order valence-electron chi connectivity index (χ4n) is 2.92. The van der Waals surface area contributed by atoms with Crippen LogP contribution in [-0.4, -0.2) is 25.4 Å². The van der Waals surface area contributed by atoms with Crippen LogP contribution in [0.1, 0.15) is 19.4 Å². The number of para-hydroxylation sites is 1. The summed E-state index contributed by atoms with van der Waals surface area (Å²) in [4.78, 5) is 17.0. The lowest BCUT2D eigenvalue weighted by atomic mass is 10.0. The van der Waals surface area contributed by atoms with Crippen molar-refractivity contribution in [2.24, 2.45) is 5.92 Å². The maximum atomic E-state index is 13.0. The van der Waals surface area contributed by atoms with E-state index in [4.69, 9.17) is 11.6 Å². The average molecular weight is 432 g/mol. The second kappa shape index (κ2) is 8.90. The van der Waals surface area contributed by atoms with Gasteiger partial charge in [0, 0.05) is 23.2 Å². The van der Waals surface area contributed by atoms with Crippen molar-refractivity contribution in [3.8, 4) is 0 Å². The van der Waals surface area contributed by atoms with Crippen LogP contribution >= 0.6 is 11.6 Å². The molecular weight excluding hydrogens is 410 g/mol. The summed E-state index contributed by atoms with van der Waals surface area (Å²) in [6, 6.07) is 14.6. The molecule has 0 saturated carbocycles. The Bertz CT molecular complexity index is 1110. The highest BCUT2D eigenvalue weighted by molar-refractivity contribution is 7.89. The van der Waals surface area contributed by atoms with Gasteiger partial charge in [-0.2, -0.15) is 4.72 Å². The fraction of sp³-hybridized carbons (Fsp3) is 0.238. The molecule has 0 radical (unpaired) electrons. The van der Waals surface area contributed by atoms with Crippen LogP contribution in [0, 0.1) is 5.92 Å². The lowest BCUT2D eigenvalue weighted by molar-refractivity contribution is -0.123. The zero-order valence-electron chi connectivity index (χ0n) is 16.1. The molecule has 0 aliphatic rings. The van der Waals surface area contributed by atoms with Crippen LogP contribution < -0.4 is 10.0 Å². The molecule has 6 nitrogen and oxygen atoms in total. The summed E-state index contributed by atoms with van der Waals surface area (Å²) >= 11 is 5.87. The van der Waals surface area contributed by atoms with Gasteiger partial charge >= 0.3 is 0 Å². The molecule has 1 amide bonds. The van der Waals surface area contributed by atoms with E-state index in [-0.39, 0.29) is 17.4 Å². The summed E-state index contributed by atoms with van der Waals surface area (Å²) in [6.45, 7) is 3.85. The third-order valence-corrected chi connectivity index (χ3v) is 6.22. The van der Waals surface area contributed by atoms with Crippen molar-refractivity contribution in [2.45, 2.75) is 31.3 Å². The maximum absolute atomic E-state index is 13.0. The van der Waals surface area contributed by atoms with Gasteiger partial charge in [-0.25, -0.2) is 8.42 Å². The lowest BCUT2D eigenvalue weighted by Crippen LogP contribution is -2.49. The SMILES string of the molecule is CC(C)C(NS(=O)(=O)c1cccc2cccnc12)C(=O)NCc1ccc(Cl)cc1. The van der Waals surface area contributed by atoms with Gasteiger partial charge in [0.25, 0.3) is 0 Å². The molecule has 1 unspecified atom stereocenters. The quantitative estimate of drug-likeness (QED) is 0.599. The average Bonchev–Trinajstić information content (AvgIpc) is 2.70. The van der Waals surface area contributed by atoms with E-state index in [0.29, 0.717) is 15.9 Å². The third kappa shape index (κ3) is 5.12. The van der Waals surface area contributed by atoms with Crippen molar-refractivity contribution >= 4 is 38.4 Å². The number of sulfonamides is 1. The van der Waals surface area contributed by atoms with Gasteiger partial charge in [0.1, 0.15) is 10.9 Å². The van der Waals surface area contributed by atoms with E-state index in [9.17, 15) is 13.2 Å². The Morgan fingerprint density at radius 3 is 2.45 bits per heavy atom. The van der Waals surface area contributed by atoms with Crippen LogP contribution in [0.4, 0.5) is 0 Å². The minimum atomic E-state index is -3.96. The van der Waals surface area contributed by atoms with E-state index in [0.717, 1.165) is 5.56 Å². The molecule has 1 heterocycles. The minimum Gasteiger partial charge on any atom is -0.351 e. The second-order valence-electron chi connectivity index (χ2n) is 7.02. The number of aromatic nitrogens is 1. The van der Waals surface area contributed by atoms with Gasteiger partial charge in [0.2, 0.25) is 15.9 Å². The topological polar surface area (TPSA) is 88.2 Å². The molecule has 3 aromatic rings. The van der Waals surface area contributed by atoms with Crippen molar-refractivity contribution in [1.29, 1.82) is 0 Å². The number of carbonyl (C=O) groups is 1. The van der Waals surface area contributed by atoms with Crippen LogP contribution in [0.5, 0.6) is 0 Å². The number of nitrogens with one attached hydrogen (secondary N) is 2. The number of halogens is 1. The molecule has 152 valence electrons. The Labute approximate surface area is 175 Å². The number of carbonyl (C=O) groups excluding carboxylic acids is 1. The summed E-state index contributed by atoms with van der Waals surface area (Å²) in [6.07, 6.45) is 1.54. The number of benzene rings is 2. The van der Waals surface area contributed by atoms with Crippen LogP contribution in [-0.2, 0) is 21.4 Å². The molecule has 1 aromatic heterocycles. The third-order valence-electron chi connectivity index (χ3n) is 4.50. The molecule has 0 saturated heterocycles. The molecule has 0 aliphatic heterocycles. The van der Waals surface area contributed by atoms with Gasteiger partial charge in [-0.05, 0) is 35.7 Å². The zero-order chi connectivity index (χ0) is 21.0. The maximum Gasteiger partial charge on any atom is 0.243 e. The Morgan fingerprint density at radius 2 is 1.76 bits per heavy atom. The molecule has 3 rings (SSSR count). The number of pyridine rings is 1. The van der Waals surface area contributed by atoms with Gasteiger partial charge in [0.05, 0.1) is 5.52 Å². The largest absolute Gasteiger partial charge is 0.351 e. The van der Waals surface area contributed by atoms with E-state index in [1.807, 2.05) is 0 Å². The molecule has 2 N–H and O–H groups in total. The van der Waals surface area contributed by atoms with Crippen LogP contribution in [0.25, 0.3) is 10.9 Å². The Balaban J connectivity index is 1.80. The van der Waals surface area contributed by atoms with Crippen LogP contribution in [0.3, 0.4) is 0 Å². The van der Waals surface area contributed by atoms with E-state index in [1.165, 1.54) is 6.07 Å². The molecule has 0 spiro atoms. The van der Waals surface area contributed by atoms with Crippen LogP contribution in [0.2, 0.25) is 5.02 Å². The van der Waals surface area contributed by atoms with E-state index < -0.39 is 22.0 Å². The van der Waals surface area contributed by atoms with Crippen molar-refractivity contribution in [3.63, 3.8) is 0 Å². The van der Waals surface area contributed by atoms with Gasteiger partial charge in [-0.3, -0.25) is 9.78 Å². The summed E-state index contributed by atoms with van der Waals surface area (Å²) in [5.41, 5.74) is 1.23. The molecule has 0 bridgehead atoms. The van der Waals surface area contributed by atoms with E-state index in [2.05, 4.69) is 15.0 Å². The molecule has 2 aromatic carbocycles. The first-order valence-corrected chi connectivity index (χ1v) is 11.0. The number of amides is 1. The first kappa shape index (κ1) is 21.2.